The number of sulfone groups is 1. The maximum absolute atomic E-state index is 11.3. The summed E-state index contributed by atoms with van der Waals surface area (Å²) in [5.74, 6) is 0. The van der Waals surface area contributed by atoms with E-state index in [1.54, 1.807) is 6.08 Å². The van der Waals surface area contributed by atoms with Crippen LogP contribution >= 0.6 is 0 Å². The van der Waals surface area contributed by atoms with Gasteiger partial charge in [0.15, 0.2) is 9.84 Å². The second kappa shape index (κ2) is 5.74. The van der Waals surface area contributed by atoms with Gasteiger partial charge in [0.25, 0.3) is 0 Å². The third-order valence-electron chi connectivity index (χ3n) is 3.97. The summed E-state index contributed by atoms with van der Waals surface area (Å²) in [6.07, 6.45) is 8.20. The van der Waals surface area contributed by atoms with Crippen LogP contribution in [-0.4, -0.2) is 44.7 Å². The first-order chi connectivity index (χ1) is 10.4. The molecule has 5 heteroatoms. The van der Waals surface area contributed by atoms with Gasteiger partial charge in [0.1, 0.15) is 0 Å². The molecule has 2 aromatic rings. The maximum atomic E-state index is 11.3. The third-order valence-corrected chi connectivity index (χ3v) is 4.60. The predicted molar refractivity (Wildman–Crippen MR) is 92.3 cm³/mol. The molecule has 1 aliphatic rings. The highest BCUT2D eigenvalue weighted by Gasteiger charge is 2.13. The van der Waals surface area contributed by atoms with Crippen LogP contribution in [0.25, 0.3) is 22.6 Å². The number of likely N-dealkylation sites (N-methyl/N-ethyl adjacent to an activating group) is 1. The number of aromatic nitrogens is 1. The molecule has 1 aromatic carbocycles. The molecule has 0 atom stereocenters. The van der Waals surface area contributed by atoms with Crippen molar-refractivity contribution in [3.63, 3.8) is 0 Å². The second-order valence-electron chi connectivity index (χ2n) is 5.88. The van der Waals surface area contributed by atoms with Crippen LogP contribution in [0.15, 0.2) is 35.9 Å². The number of hydrogen-bond acceptors (Lipinski definition) is 3. The van der Waals surface area contributed by atoms with Crippen LogP contribution < -0.4 is 0 Å². The van der Waals surface area contributed by atoms with Crippen LogP contribution in [0.3, 0.4) is 0 Å². The Bertz CT molecular complexity index is 860. The Kier molecular flexibility index (Phi) is 3.93. The molecule has 0 bridgehead atoms. The SMILES string of the molecule is CN1CC=C(c2c[nH]c3ccc(/C=C/S(C)(=O)=O)cc23)CC1. The van der Waals surface area contributed by atoms with E-state index >= 15 is 0 Å². The fourth-order valence-electron chi connectivity index (χ4n) is 2.73. The molecule has 116 valence electrons. The van der Waals surface area contributed by atoms with E-state index < -0.39 is 9.84 Å². The van der Waals surface area contributed by atoms with E-state index in [2.05, 4.69) is 23.0 Å². The molecule has 0 spiro atoms. The van der Waals surface area contributed by atoms with Gasteiger partial charge in [-0.2, -0.15) is 0 Å². The van der Waals surface area contributed by atoms with Crippen molar-refractivity contribution < 1.29 is 8.42 Å². The first kappa shape index (κ1) is 15.1. The van der Waals surface area contributed by atoms with E-state index in [9.17, 15) is 8.42 Å². The largest absolute Gasteiger partial charge is 0.361 e. The standard InChI is InChI=1S/C17H20N2O2S/c1-19-8-5-14(6-9-19)16-12-18-17-4-3-13(11-15(16)17)7-10-22(2,20)21/h3-5,7,10-12,18H,6,8-9H2,1-2H3/b10-7+. The molecule has 0 radical (unpaired) electrons. The second-order valence-corrected chi connectivity index (χ2v) is 7.81. The molecule has 0 amide bonds. The molecule has 0 unspecified atom stereocenters. The summed E-state index contributed by atoms with van der Waals surface area (Å²) >= 11 is 0. The lowest BCUT2D eigenvalue weighted by Crippen LogP contribution is -2.23. The van der Waals surface area contributed by atoms with Gasteiger partial charge in [-0.25, -0.2) is 8.42 Å². The van der Waals surface area contributed by atoms with Crippen molar-refractivity contribution >= 4 is 32.4 Å². The number of aromatic amines is 1. The van der Waals surface area contributed by atoms with Gasteiger partial charge < -0.3 is 9.88 Å². The number of nitrogens with zero attached hydrogens (tertiary/aromatic N) is 1. The van der Waals surface area contributed by atoms with Crippen molar-refractivity contribution in [3.05, 3.63) is 47.0 Å². The monoisotopic (exact) mass is 316 g/mol. The predicted octanol–water partition coefficient (Wildman–Crippen LogP) is 2.90. The molecule has 22 heavy (non-hydrogen) atoms. The summed E-state index contributed by atoms with van der Waals surface area (Å²) in [5, 5.41) is 2.39. The minimum absolute atomic E-state index is 0.896. The first-order valence-corrected chi connectivity index (χ1v) is 9.25. The Hall–Kier alpha value is -1.85. The van der Waals surface area contributed by atoms with E-state index in [0.717, 1.165) is 36.0 Å². The van der Waals surface area contributed by atoms with Crippen LogP contribution in [0.4, 0.5) is 0 Å². The van der Waals surface area contributed by atoms with Crippen LogP contribution in [0.1, 0.15) is 17.5 Å². The van der Waals surface area contributed by atoms with Gasteiger partial charge in [-0.05, 0) is 42.8 Å². The van der Waals surface area contributed by atoms with Gasteiger partial charge in [0.05, 0.1) is 0 Å². The van der Waals surface area contributed by atoms with Crippen LogP contribution in [0, 0.1) is 0 Å². The lowest BCUT2D eigenvalue weighted by molar-refractivity contribution is 0.370. The summed E-state index contributed by atoms with van der Waals surface area (Å²) in [4.78, 5) is 5.59. The normalized spacial score (nSPS) is 17.3. The quantitative estimate of drug-likeness (QED) is 0.947. The number of hydrogen-bond donors (Lipinski definition) is 1. The lowest BCUT2D eigenvalue weighted by Gasteiger charge is -2.21. The molecule has 3 rings (SSSR count). The highest BCUT2D eigenvalue weighted by atomic mass is 32.2. The molecule has 0 fully saturated rings. The van der Waals surface area contributed by atoms with E-state index in [1.807, 2.05) is 24.4 Å². The Morgan fingerprint density at radius 2 is 2.14 bits per heavy atom. The maximum Gasteiger partial charge on any atom is 0.168 e. The fourth-order valence-corrected chi connectivity index (χ4v) is 3.13. The molecule has 2 heterocycles. The summed E-state index contributed by atoms with van der Waals surface area (Å²) in [6.45, 7) is 2.03. The van der Waals surface area contributed by atoms with Crippen LogP contribution in [0.5, 0.6) is 0 Å². The Labute approximate surface area is 131 Å². The zero-order valence-corrected chi connectivity index (χ0v) is 13.7. The molecule has 1 aliphatic heterocycles. The lowest BCUT2D eigenvalue weighted by atomic mass is 9.98. The molecule has 1 aromatic heterocycles. The van der Waals surface area contributed by atoms with Crippen molar-refractivity contribution in [3.8, 4) is 0 Å². The van der Waals surface area contributed by atoms with E-state index in [4.69, 9.17) is 0 Å². The van der Waals surface area contributed by atoms with Crippen LogP contribution in [0.2, 0.25) is 0 Å². The summed E-state index contributed by atoms with van der Waals surface area (Å²) < 4.78 is 22.5. The summed E-state index contributed by atoms with van der Waals surface area (Å²) in [6, 6.07) is 5.96. The van der Waals surface area contributed by atoms with E-state index in [1.165, 1.54) is 22.8 Å². The van der Waals surface area contributed by atoms with Gasteiger partial charge in [0, 0.05) is 47.4 Å². The zero-order chi connectivity index (χ0) is 15.7. The molecule has 0 saturated heterocycles. The highest BCUT2D eigenvalue weighted by molar-refractivity contribution is 7.93. The van der Waals surface area contributed by atoms with Crippen molar-refractivity contribution in [2.75, 3.05) is 26.4 Å². The molecule has 0 saturated carbocycles. The summed E-state index contributed by atoms with van der Waals surface area (Å²) in [5.41, 5.74) is 4.55. The Morgan fingerprint density at radius 3 is 2.82 bits per heavy atom. The van der Waals surface area contributed by atoms with Crippen molar-refractivity contribution in [2.24, 2.45) is 0 Å². The number of H-pyrrole nitrogens is 1. The van der Waals surface area contributed by atoms with Crippen LogP contribution in [-0.2, 0) is 9.84 Å². The Balaban J connectivity index is 2.01. The first-order valence-electron chi connectivity index (χ1n) is 7.29. The topological polar surface area (TPSA) is 53.2 Å². The molecular formula is C17H20N2O2S. The summed E-state index contributed by atoms with van der Waals surface area (Å²) in [7, 11) is -0.983. The molecule has 4 nitrogen and oxygen atoms in total. The number of nitrogens with one attached hydrogen (secondary N) is 1. The van der Waals surface area contributed by atoms with Gasteiger partial charge in [-0.1, -0.05) is 12.1 Å². The van der Waals surface area contributed by atoms with E-state index in [0.29, 0.717) is 0 Å². The smallest absolute Gasteiger partial charge is 0.168 e. The van der Waals surface area contributed by atoms with Crippen molar-refractivity contribution in [1.29, 1.82) is 0 Å². The number of rotatable bonds is 3. The molecular weight excluding hydrogens is 296 g/mol. The zero-order valence-electron chi connectivity index (χ0n) is 12.8. The van der Waals surface area contributed by atoms with Gasteiger partial charge in [-0.15, -0.1) is 0 Å². The average Bonchev–Trinajstić information content (AvgIpc) is 2.88. The number of fused-ring (bicyclic) bond motifs is 1. The highest BCUT2D eigenvalue weighted by Crippen LogP contribution is 2.29. The molecule has 0 aliphatic carbocycles. The fraction of sp³-hybridized carbons (Fsp3) is 0.294. The van der Waals surface area contributed by atoms with Crippen molar-refractivity contribution in [2.45, 2.75) is 6.42 Å². The van der Waals surface area contributed by atoms with Gasteiger partial charge in [-0.3, -0.25) is 0 Å². The minimum Gasteiger partial charge on any atom is -0.361 e. The average molecular weight is 316 g/mol. The van der Waals surface area contributed by atoms with E-state index in [-0.39, 0.29) is 0 Å². The van der Waals surface area contributed by atoms with Crippen molar-refractivity contribution in [1.82, 2.24) is 9.88 Å². The minimum atomic E-state index is -3.10. The number of benzene rings is 1. The Morgan fingerprint density at radius 1 is 1.32 bits per heavy atom. The van der Waals surface area contributed by atoms with Gasteiger partial charge in [0.2, 0.25) is 0 Å². The third kappa shape index (κ3) is 3.31. The van der Waals surface area contributed by atoms with Gasteiger partial charge >= 0.3 is 0 Å². The molecule has 1 N–H and O–H groups in total.